The maximum absolute atomic E-state index is 10.8. The molecule has 0 aromatic carbocycles. The van der Waals surface area contributed by atoms with Crippen molar-refractivity contribution >= 4 is 50.7 Å². The summed E-state index contributed by atoms with van der Waals surface area (Å²) in [5.74, 6) is -1.03. The van der Waals surface area contributed by atoms with Crippen molar-refractivity contribution in [2.24, 2.45) is 0 Å². The molecular weight excluding hydrogens is 245 g/mol. The highest BCUT2D eigenvalue weighted by Crippen LogP contribution is 2.32. The summed E-state index contributed by atoms with van der Waals surface area (Å²) >= 11 is 12.8. The van der Waals surface area contributed by atoms with Crippen LogP contribution in [0.4, 0.5) is 0 Å². The molecule has 0 amide bonds. The molecule has 0 atom stereocenters. The standard InChI is InChI=1S/C8H3Cl2NO2S/c9-4-1-5(10)11-6-3(8(12)13)2-14-7(4)6/h1-2H,(H,12,13). The maximum atomic E-state index is 10.8. The van der Waals surface area contributed by atoms with E-state index in [1.807, 2.05) is 0 Å². The van der Waals surface area contributed by atoms with Crippen molar-refractivity contribution in [3.8, 4) is 0 Å². The van der Waals surface area contributed by atoms with Crippen molar-refractivity contribution < 1.29 is 9.90 Å². The number of aromatic carboxylic acids is 1. The van der Waals surface area contributed by atoms with Gasteiger partial charge in [-0.15, -0.1) is 11.3 Å². The van der Waals surface area contributed by atoms with Crippen molar-refractivity contribution in [3.05, 3.63) is 27.2 Å². The number of nitrogens with zero attached hydrogens (tertiary/aromatic N) is 1. The Bertz CT molecular complexity index is 523. The van der Waals surface area contributed by atoms with Gasteiger partial charge < -0.3 is 5.11 Å². The fourth-order valence-corrected chi connectivity index (χ4v) is 2.56. The van der Waals surface area contributed by atoms with E-state index in [4.69, 9.17) is 28.3 Å². The Morgan fingerprint density at radius 2 is 2.21 bits per heavy atom. The molecule has 3 nitrogen and oxygen atoms in total. The SMILES string of the molecule is O=C(O)c1csc2c(Cl)cc(Cl)nc12. The van der Waals surface area contributed by atoms with Crippen LogP contribution in [0.25, 0.3) is 10.2 Å². The molecule has 1 N–H and O–H groups in total. The first-order chi connectivity index (χ1) is 6.59. The van der Waals surface area contributed by atoms with Crippen LogP contribution in [0.3, 0.4) is 0 Å². The second-order valence-electron chi connectivity index (χ2n) is 2.56. The number of pyridine rings is 1. The zero-order valence-electron chi connectivity index (χ0n) is 6.62. The number of fused-ring (bicyclic) bond motifs is 1. The number of carboxylic acids is 1. The lowest BCUT2D eigenvalue weighted by Gasteiger charge is -1.95. The molecule has 0 fully saturated rings. The summed E-state index contributed by atoms with van der Waals surface area (Å²) in [7, 11) is 0. The summed E-state index contributed by atoms with van der Waals surface area (Å²) in [6.07, 6.45) is 0. The number of halogens is 2. The highest BCUT2D eigenvalue weighted by molar-refractivity contribution is 7.18. The molecular formula is C8H3Cl2NO2S. The normalized spacial score (nSPS) is 10.7. The van der Waals surface area contributed by atoms with Gasteiger partial charge in [0.15, 0.2) is 0 Å². The maximum Gasteiger partial charge on any atom is 0.338 e. The zero-order chi connectivity index (χ0) is 10.3. The molecule has 2 rings (SSSR count). The molecule has 2 aromatic rings. The first-order valence-electron chi connectivity index (χ1n) is 3.56. The van der Waals surface area contributed by atoms with Gasteiger partial charge in [-0.05, 0) is 6.07 Å². The van der Waals surface area contributed by atoms with Crippen LogP contribution in [0.2, 0.25) is 10.2 Å². The van der Waals surface area contributed by atoms with E-state index in [9.17, 15) is 4.79 Å². The van der Waals surface area contributed by atoms with Gasteiger partial charge >= 0.3 is 5.97 Å². The van der Waals surface area contributed by atoms with E-state index in [1.54, 1.807) is 0 Å². The Morgan fingerprint density at radius 1 is 1.50 bits per heavy atom. The van der Waals surface area contributed by atoms with Gasteiger partial charge in [0.05, 0.1) is 20.8 Å². The van der Waals surface area contributed by atoms with Crippen LogP contribution in [-0.2, 0) is 0 Å². The first-order valence-corrected chi connectivity index (χ1v) is 5.19. The van der Waals surface area contributed by atoms with Crippen LogP contribution in [0.1, 0.15) is 10.4 Å². The number of aromatic nitrogens is 1. The molecule has 2 heterocycles. The number of carboxylic acid groups (broad SMARTS) is 1. The van der Waals surface area contributed by atoms with Crippen molar-refractivity contribution in [3.63, 3.8) is 0 Å². The fourth-order valence-electron chi connectivity index (χ4n) is 1.09. The molecule has 2 aromatic heterocycles. The molecule has 0 saturated heterocycles. The molecule has 0 aliphatic heterocycles. The average molecular weight is 248 g/mol. The molecule has 0 aliphatic rings. The van der Waals surface area contributed by atoms with E-state index in [-0.39, 0.29) is 10.7 Å². The van der Waals surface area contributed by atoms with Crippen molar-refractivity contribution in [2.45, 2.75) is 0 Å². The molecule has 72 valence electrons. The average Bonchev–Trinajstić information content (AvgIpc) is 2.47. The topological polar surface area (TPSA) is 50.2 Å². The number of hydrogen-bond acceptors (Lipinski definition) is 3. The molecule has 0 unspecified atom stereocenters. The minimum Gasteiger partial charge on any atom is -0.478 e. The number of hydrogen-bond donors (Lipinski definition) is 1. The summed E-state index contributed by atoms with van der Waals surface area (Å²) in [4.78, 5) is 14.7. The largest absolute Gasteiger partial charge is 0.478 e. The predicted octanol–water partition coefficient (Wildman–Crippen LogP) is 3.30. The first kappa shape index (κ1) is 9.71. The summed E-state index contributed by atoms with van der Waals surface area (Å²) in [5.41, 5.74) is 0.481. The van der Waals surface area contributed by atoms with Crippen molar-refractivity contribution in [1.82, 2.24) is 4.98 Å². The Morgan fingerprint density at radius 3 is 2.86 bits per heavy atom. The third-order valence-corrected chi connectivity index (χ3v) is 3.28. The van der Waals surface area contributed by atoms with Gasteiger partial charge in [0.2, 0.25) is 0 Å². The number of carbonyl (C=O) groups is 1. The molecule has 0 radical (unpaired) electrons. The Labute approximate surface area is 92.9 Å². The molecule has 0 aliphatic carbocycles. The van der Waals surface area contributed by atoms with Crippen LogP contribution < -0.4 is 0 Å². The second-order valence-corrected chi connectivity index (χ2v) is 4.23. The molecule has 0 bridgehead atoms. The van der Waals surface area contributed by atoms with E-state index < -0.39 is 5.97 Å². The van der Waals surface area contributed by atoms with Crippen LogP contribution in [0, 0.1) is 0 Å². The quantitative estimate of drug-likeness (QED) is 0.787. The number of rotatable bonds is 1. The monoisotopic (exact) mass is 247 g/mol. The number of thiophene rings is 1. The third-order valence-electron chi connectivity index (χ3n) is 1.68. The summed E-state index contributed by atoms with van der Waals surface area (Å²) < 4.78 is 0.647. The van der Waals surface area contributed by atoms with Gasteiger partial charge in [-0.1, -0.05) is 23.2 Å². The van der Waals surface area contributed by atoms with Gasteiger partial charge in [-0.3, -0.25) is 0 Å². The second kappa shape index (κ2) is 3.38. The lowest BCUT2D eigenvalue weighted by atomic mass is 10.3. The summed E-state index contributed by atoms with van der Waals surface area (Å²) in [6.45, 7) is 0. The Hall–Kier alpha value is -0.840. The van der Waals surface area contributed by atoms with Gasteiger partial charge in [0, 0.05) is 5.38 Å². The molecule has 0 saturated carbocycles. The third kappa shape index (κ3) is 1.45. The summed E-state index contributed by atoms with van der Waals surface area (Å²) in [5, 5.41) is 11.0. The van der Waals surface area contributed by atoms with Crippen LogP contribution in [-0.4, -0.2) is 16.1 Å². The van der Waals surface area contributed by atoms with E-state index >= 15 is 0 Å². The van der Waals surface area contributed by atoms with Gasteiger partial charge in [0.25, 0.3) is 0 Å². The van der Waals surface area contributed by atoms with E-state index in [0.717, 1.165) is 0 Å². The van der Waals surface area contributed by atoms with Crippen molar-refractivity contribution in [1.29, 1.82) is 0 Å². The highest BCUT2D eigenvalue weighted by atomic mass is 35.5. The van der Waals surface area contributed by atoms with Gasteiger partial charge in [-0.2, -0.15) is 0 Å². The van der Waals surface area contributed by atoms with Gasteiger partial charge in [-0.25, -0.2) is 9.78 Å². The van der Waals surface area contributed by atoms with Crippen LogP contribution in [0.15, 0.2) is 11.4 Å². The van der Waals surface area contributed by atoms with Crippen LogP contribution >= 0.6 is 34.5 Å². The smallest absolute Gasteiger partial charge is 0.338 e. The molecule has 0 spiro atoms. The fraction of sp³-hybridized carbons (Fsp3) is 0. The highest BCUT2D eigenvalue weighted by Gasteiger charge is 2.14. The Kier molecular flexibility index (Phi) is 2.34. The van der Waals surface area contributed by atoms with E-state index in [2.05, 4.69) is 4.98 Å². The van der Waals surface area contributed by atoms with E-state index in [0.29, 0.717) is 15.2 Å². The van der Waals surface area contributed by atoms with Crippen LogP contribution in [0.5, 0.6) is 0 Å². The Balaban J connectivity index is 2.85. The lowest BCUT2D eigenvalue weighted by molar-refractivity contribution is 0.0699. The predicted molar refractivity (Wildman–Crippen MR) is 56.6 cm³/mol. The molecule has 14 heavy (non-hydrogen) atoms. The summed E-state index contributed by atoms with van der Waals surface area (Å²) in [6, 6.07) is 1.49. The van der Waals surface area contributed by atoms with Crippen molar-refractivity contribution in [2.75, 3.05) is 0 Å². The molecule has 6 heteroatoms. The zero-order valence-corrected chi connectivity index (χ0v) is 8.95. The minimum atomic E-state index is -1.03. The van der Waals surface area contributed by atoms with E-state index in [1.165, 1.54) is 22.8 Å². The minimum absolute atomic E-state index is 0.134. The van der Waals surface area contributed by atoms with Gasteiger partial charge in [0.1, 0.15) is 5.15 Å². The lowest BCUT2D eigenvalue weighted by Crippen LogP contribution is -1.94.